The zero-order valence-corrected chi connectivity index (χ0v) is 11.7. The van der Waals surface area contributed by atoms with Gasteiger partial charge in [0.15, 0.2) is 0 Å². The SMILES string of the molecule is Cc1cc(Cc2ccc(C(C)C)cc2)cnc1C. The van der Waals surface area contributed by atoms with E-state index in [1.165, 1.54) is 22.3 Å². The molecule has 1 aromatic heterocycles. The molecule has 1 heterocycles. The van der Waals surface area contributed by atoms with E-state index < -0.39 is 0 Å². The van der Waals surface area contributed by atoms with Crippen molar-refractivity contribution in [3.05, 3.63) is 64.5 Å². The number of nitrogens with zero attached hydrogens (tertiary/aromatic N) is 1. The van der Waals surface area contributed by atoms with Crippen LogP contribution in [0.4, 0.5) is 0 Å². The van der Waals surface area contributed by atoms with E-state index in [1.807, 2.05) is 6.20 Å². The van der Waals surface area contributed by atoms with E-state index in [4.69, 9.17) is 0 Å². The van der Waals surface area contributed by atoms with Crippen molar-refractivity contribution in [3.8, 4) is 0 Å². The summed E-state index contributed by atoms with van der Waals surface area (Å²) >= 11 is 0. The topological polar surface area (TPSA) is 12.9 Å². The van der Waals surface area contributed by atoms with E-state index in [0.717, 1.165) is 12.1 Å². The first-order valence-corrected chi connectivity index (χ1v) is 6.57. The van der Waals surface area contributed by atoms with E-state index in [9.17, 15) is 0 Å². The quantitative estimate of drug-likeness (QED) is 0.773. The number of pyridine rings is 1. The van der Waals surface area contributed by atoms with Crippen LogP contribution >= 0.6 is 0 Å². The first-order chi connectivity index (χ1) is 8.56. The molecule has 0 saturated heterocycles. The highest BCUT2D eigenvalue weighted by molar-refractivity contribution is 5.31. The molecule has 0 radical (unpaired) electrons. The summed E-state index contributed by atoms with van der Waals surface area (Å²) in [5, 5.41) is 0. The predicted molar refractivity (Wildman–Crippen MR) is 77.0 cm³/mol. The number of rotatable bonds is 3. The summed E-state index contributed by atoms with van der Waals surface area (Å²) in [6.07, 6.45) is 2.95. The second kappa shape index (κ2) is 5.34. The van der Waals surface area contributed by atoms with Crippen molar-refractivity contribution >= 4 is 0 Å². The lowest BCUT2D eigenvalue weighted by molar-refractivity contribution is 0.865. The third kappa shape index (κ3) is 2.98. The summed E-state index contributed by atoms with van der Waals surface area (Å²) < 4.78 is 0. The predicted octanol–water partition coefficient (Wildman–Crippen LogP) is 4.41. The normalized spacial score (nSPS) is 10.9. The molecule has 94 valence electrons. The van der Waals surface area contributed by atoms with Crippen LogP contribution in [-0.2, 0) is 6.42 Å². The van der Waals surface area contributed by atoms with Crippen molar-refractivity contribution in [1.82, 2.24) is 4.98 Å². The van der Waals surface area contributed by atoms with Gasteiger partial charge in [-0.2, -0.15) is 0 Å². The first kappa shape index (κ1) is 12.8. The highest BCUT2D eigenvalue weighted by Gasteiger charge is 2.02. The number of hydrogen-bond donors (Lipinski definition) is 0. The molecule has 1 aromatic carbocycles. The van der Waals surface area contributed by atoms with Crippen molar-refractivity contribution in [1.29, 1.82) is 0 Å². The minimum absolute atomic E-state index is 0.599. The lowest BCUT2D eigenvalue weighted by Gasteiger charge is -2.08. The average molecular weight is 239 g/mol. The van der Waals surface area contributed by atoms with Gasteiger partial charge >= 0.3 is 0 Å². The molecule has 0 atom stereocenters. The number of hydrogen-bond acceptors (Lipinski definition) is 1. The largest absolute Gasteiger partial charge is 0.261 e. The summed E-state index contributed by atoms with van der Waals surface area (Å²) in [7, 11) is 0. The fraction of sp³-hybridized carbons (Fsp3) is 0.353. The maximum atomic E-state index is 4.42. The van der Waals surface area contributed by atoms with E-state index in [0.29, 0.717) is 5.92 Å². The van der Waals surface area contributed by atoms with Crippen LogP contribution in [0.1, 0.15) is 47.7 Å². The average Bonchev–Trinajstić information content (AvgIpc) is 2.34. The highest BCUT2D eigenvalue weighted by Crippen LogP contribution is 2.17. The highest BCUT2D eigenvalue weighted by atomic mass is 14.7. The monoisotopic (exact) mass is 239 g/mol. The Morgan fingerprint density at radius 1 is 1.00 bits per heavy atom. The van der Waals surface area contributed by atoms with E-state index in [2.05, 4.69) is 63.0 Å². The lowest BCUT2D eigenvalue weighted by atomic mass is 9.99. The number of aromatic nitrogens is 1. The van der Waals surface area contributed by atoms with Crippen molar-refractivity contribution in [2.75, 3.05) is 0 Å². The maximum absolute atomic E-state index is 4.42. The fourth-order valence-corrected chi connectivity index (χ4v) is 2.05. The van der Waals surface area contributed by atoms with Crippen LogP contribution in [0.15, 0.2) is 36.5 Å². The molecule has 2 rings (SSSR count). The summed E-state index contributed by atoms with van der Waals surface area (Å²) in [6.45, 7) is 8.62. The van der Waals surface area contributed by atoms with Crippen molar-refractivity contribution < 1.29 is 0 Å². The van der Waals surface area contributed by atoms with Crippen LogP contribution in [0.25, 0.3) is 0 Å². The molecule has 0 aliphatic rings. The van der Waals surface area contributed by atoms with Crippen LogP contribution in [0.5, 0.6) is 0 Å². The Bertz CT molecular complexity index is 524. The minimum Gasteiger partial charge on any atom is -0.261 e. The molecule has 1 nitrogen and oxygen atoms in total. The second-order valence-electron chi connectivity index (χ2n) is 5.32. The Hall–Kier alpha value is -1.63. The van der Waals surface area contributed by atoms with Gasteiger partial charge in [-0.3, -0.25) is 4.98 Å². The van der Waals surface area contributed by atoms with Crippen LogP contribution < -0.4 is 0 Å². The second-order valence-corrected chi connectivity index (χ2v) is 5.32. The van der Waals surface area contributed by atoms with Crippen LogP contribution in [0.3, 0.4) is 0 Å². The third-order valence-electron chi connectivity index (χ3n) is 3.45. The molecule has 0 fully saturated rings. The van der Waals surface area contributed by atoms with Gasteiger partial charge in [0.25, 0.3) is 0 Å². The van der Waals surface area contributed by atoms with Crippen molar-refractivity contribution in [3.63, 3.8) is 0 Å². The molecular formula is C17H21N. The van der Waals surface area contributed by atoms with Gasteiger partial charge in [-0.15, -0.1) is 0 Å². The van der Waals surface area contributed by atoms with Gasteiger partial charge in [0, 0.05) is 11.9 Å². The van der Waals surface area contributed by atoms with Crippen LogP contribution in [-0.4, -0.2) is 4.98 Å². The molecule has 2 aromatic rings. The molecule has 1 heteroatoms. The van der Waals surface area contributed by atoms with Gasteiger partial charge in [0.05, 0.1) is 0 Å². The van der Waals surface area contributed by atoms with Gasteiger partial charge in [-0.05, 0) is 48.4 Å². The Balaban J connectivity index is 2.15. The van der Waals surface area contributed by atoms with Gasteiger partial charge < -0.3 is 0 Å². The summed E-state index contributed by atoms with van der Waals surface area (Å²) in [5.41, 5.74) is 6.43. The Morgan fingerprint density at radius 3 is 2.22 bits per heavy atom. The standard InChI is InChI=1S/C17H21N/c1-12(2)17-7-5-15(6-8-17)10-16-9-13(3)14(4)18-11-16/h5-9,11-12H,10H2,1-4H3. The molecule has 0 spiro atoms. The molecule has 0 amide bonds. The molecule has 0 bridgehead atoms. The zero-order chi connectivity index (χ0) is 13.1. The van der Waals surface area contributed by atoms with Crippen LogP contribution in [0.2, 0.25) is 0 Å². The maximum Gasteiger partial charge on any atom is 0.0401 e. The van der Waals surface area contributed by atoms with Gasteiger partial charge in [-0.25, -0.2) is 0 Å². The molecule has 0 N–H and O–H groups in total. The van der Waals surface area contributed by atoms with Crippen molar-refractivity contribution in [2.24, 2.45) is 0 Å². The fourth-order valence-electron chi connectivity index (χ4n) is 2.05. The lowest BCUT2D eigenvalue weighted by Crippen LogP contribution is -1.94. The third-order valence-corrected chi connectivity index (χ3v) is 3.45. The summed E-state index contributed by atoms with van der Waals surface area (Å²) in [5.74, 6) is 0.599. The molecular weight excluding hydrogens is 218 g/mol. The Kier molecular flexibility index (Phi) is 3.81. The van der Waals surface area contributed by atoms with Gasteiger partial charge in [0.1, 0.15) is 0 Å². The van der Waals surface area contributed by atoms with Crippen LogP contribution in [0, 0.1) is 13.8 Å². The summed E-state index contributed by atoms with van der Waals surface area (Å²) in [4.78, 5) is 4.42. The Labute approximate surface area is 110 Å². The number of benzene rings is 1. The van der Waals surface area contributed by atoms with E-state index in [-0.39, 0.29) is 0 Å². The van der Waals surface area contributed by atoms with E-state index in [1.54, 1.807) is 0 Å². The molecule has 18 heavy (non-hydrogen) atoms. The minimum atomic E-state index is 0.599. The van der Waals surface area contributed by atoms with Gasteiger partial charge in [-0.1, -0.05) is 44.2 Å². The number of aryl methyl sites for hydroxylation is 2. The smallest absolute Gasteiger partial charge is 0.0401 e. The van der Waals surface area contributed by atoms with Gasteiger partial charge in [0.2, 0.25) is 0 Å². The van der Waals surface area contributed by atoms with E-state index >= 15 is 0 Å². The molecule has 0 aliphatic heterocycles. The molecule has 0 saturated carbocycles. The molecule has 0 unspecified atom stereocenters. The van der Waals surface area contributed by atoms with Crippen molar-refractivity contribution in [2.45, 2.75) is 40.0 Å². The zero-order valence-electron chi connectivity index (χ0n) is 11.7. The Morgan fingerprint density at radius 2 is 1.67 bits per heavy atom. The molecule has 0 aliphatic carbocycles. The first-order valence-electron chi connectivity index (χ1n) is 6.57. The summed E-state index contributed by atoms with van der Waals surface area (Å²) in [6, 6.07) is 11.1.